The molecule has 2 heterocycles. The molecule has 2 aromatic rings. The second kappa shape index (κ2) is 6.56. The first-order valence-corrected chi connectivity index (χ1v) is 7.73. The van der Waals surface area contributed by atoms with Crippen molar-refractivity contribution in [3.8, 4) is 0 Å². The van der Waals surface area contributed by atoms with Gasteiger partial charge in [0.25, 0.3) is 0 Å². The highest BCUT2D eigenvalue weighted by Gasteiger charge is 2.17. The molecule has 0 aliphatic carbocycles. The van der Waals surface area contributed by atoms with Crippen molar-refractivity contribution in [1.29, 1.82) is 0 Å². The van der Waals surface area contributed by atoms with Crippen molar-refractivity contribution in [2.24, 2.45) is 0 Å². The third-order valence-corrected chi connectivity index (χ3v) is 3.97. The average Bonchev–Trinajstić information content (AvgIpc) is 2.86. The minimum absolute atomic E-state index is 0.281. The van der Waals surface area contributed by atoms with E-state index in [-0.39, 0.29) is 6.10 Å². The molecule has 1 fully saturated rings. The van der Waals surface area contributed by atoms with E-state index >= 15 is 0 Å². The summed E-state index contributed by atoms with van der Waals surface area (Å²) in [6, 6.07) is 8.46. The van der Waals surface area contributed by atoms with Gasteiger partial charge in [-0.25, -0.2) is 0 Å². The molecule has 0 saturated carbocycles. The molecule has 114 valence electrons. The predicted octanol–water partition coefficient (Wildman–Crippen LogP) is 1.48. The number of hydrogen-bond acceptors (Lipinski definition) is 4. The molecule has 3 rings (SSSR count). The lowest BCUT2D eigenvalue weighted by molar-refractivity contribution is 0.00871. The summed E-state index contributed by atoms with van der Waals surface area (Å²) in [5.41, 5.74) is 2.37. The average molecular weight is 288 g/mol. The number of fused-ring (bicyclic) bond motifs is 1. The van der Waals surface area contributed by atoms with Crippen LogP contribution in [-0.2, 0) is 17.8 Å². The number of aromatic nitrogens is 2. The minimum Gasteiger partial charge on any atom is -0.374 e. The van der Waals surface area contributed by atoms with Gasteiger partial charge in [-0.05, 0) is 20.0 Å². The molecule has 1 unspecified atom stereocenters. The maximum Gasteiger partial charge on any atom is 0.0843 e. The normalized spacial score (nSPS) is 19.5. The molecule has 5 nitrogen and oxygen atoms in total. The van der Waals surface area contributed by atoms with Gasteiger partial charge in [-0.2, -0.15) is 5.10 Å². The molecule has 1 aliphatic heterocycles. The van der Waals surface area contributed by atoms with Crippen molar-refractivity contribution in [2.45, 2.75) is 26.1 Å². The number of morpholine rings is 1. The highest BCUT2D eigenvalue weighted by molar-refractivity contribution is 5.81. The quantitative estimate of drug-likeness (QED) is 0.905. The Bertz CT molecular complexity index is 589. The standard InChI is InChI=1S/C16H24N4O/c1-3-20-16-7-5-4-6-14(16)15(18-20)12-19(2)11-13-10-17-8-9-21-13/h4-7,13,17H,3,8-12H2,1-2H3. The predicted molar refractivity (Wildman–Crippen MR) is 84.4 cm³/mol. The molecule has 1 saturated heterocycles. The summed E-state index contributed by atoms with van der Waals surface area (Å²) in [6.07, 6.45) is 0.281. The van der Waals surface area contributed by atoms with Gasteiger partial charge in [-0.15, -0.1) is 0 Å². The van der Waals surface area contributed by atoms with Crippen molar-refractivity contribution in [3.63, 3.8) is 0 Å². The Balaban J connectivity index is 1.71. The molecule has 0 radical (unpaired) electrons. The molecule has 1 aromatic heterocycles. The fourth-order valence-corrected chi connectivity index (χ4v) is 2.96. The molecule has 1 atom stereocenters. The summed E-state index contributed by atoms with van der Waals surface area (Å²) in [5, 5.41) is 9.39. The van der Waals surface area contributed by atoms with Gasteiger partial charge in [0.1, 0.15) is 0 Å². The first kappa shape index (κ1) is 14.5. The summed E-state index contributed by atoms with van der Waals surface area (Å²) in [5.74, 6) is 0. The smallest absolute Gasteiger partial charge is 0.0843 e. The first-order valence-electron chi connectivity index (χ1n) is 7.73. The van der Waals surface area contributed by atoms with Gasteiger partial charge in [0.05, 0.1) is 23.9 Å². The lowest BCUT2D eigenvalue weighted by Gasteiger charge is -2.27. The summed E-state index contributed by atoms with van der Waals surface area (Å²) in [6.45, 7) is 7.54. The van der Waals surface area contributed by atoms with Crippen molar-refractivity contribution >= 4 is 10.9 Å². The third kappa shape index (κ3) is 3.26. The SMILES string of the molecule is CCn1nc(CN(C)CC2CNCCO2)c2ccccc21. The number of ether oxygens (including phenoxy) is 1. The van der Waals surface area contributed by atoms with Crippen LogP contribution in [0.5, 0.6) is 0 Å². The molecule has 5 heteroatoms. The van der Waals surface area contributed by atoms with Crippen molar-refractivity contribution in [3.05, 3.63) is 30.0 Å². The van der Waals surface area contributed by atoms with Crippen LogP contribution in [0.1, 0.15) is 12.6 Å². The van der Waals surface area contributed by atoms with Crippen LogP contribution in [0.15, 0.2) is 24.3 Å². The van der Waals surface area contributed by atoms with Gasteiger partial charge >= 0.3 is 0 Å². The Labute approximate surface area is 125 Å². The zero-order valence-electron chi connectivity index (χ0n) is 12.9. The number of para-hydroxylation sites is 1. The molecule has 1 aliphatic rings. The second-order valence-electron chi connectivity index (χ2n) is 5.67. The Morgan fingerprint density at radius 3 is 3.05 bits per heavy atom. The number of nitrogens with one attached hydrogen (secondary N) is 1. The molecular formula is C16H24N4O. The van der Waals surface area contributed by atoms with E-state index in [0.717, 1.165) is 45.0 Å². The number of likely N-dealkylation sites (N-methyl/N-ethyl adjacent to an activating group) is 1. The van der Waals surface area contributed by atoms with Gasteiger partial charge in [0.2, 0.25) is 0 Å². The summed E-state index contributed by atoms with van der Waals surface area (Å²) in [7, 11) is 2.14. The van der Waals surface area contributed by atoms with Gasteiger partial charge < -0.3 is 10.1 Å². The Hall–Kier alpha value is -1.43. The van der Waals surface area contributed by atoms with Crippen molar-refractivity contribution in [1.82, 2.24) is 20.0 Å². The molecule has 1 N–H and O–H groups in total. The molecule has 0 bridgehead atoms. The second-order valence-corrected chi connectivity index (χ2v) is 5.67. The van der Waals surface area contributed by atoms with Crippen LogP contribution in [0.3, 0.4) is 0 Å². The van der Waals surface area contributed by atoms with Gasteiger partial charge in [0.15, 0.2) is 0 Å². The monoisotopic (exact) mass is 288 g/mol. The zero-order chi connectivity index (χ0) is 14.7. The van der Waals surface area contributed by atoms with E-state index in [2.05, 4.69) is 53.1 Å². The molecular weight excluding hydrogens is 264 g/mol. The van der Waals surface area contributed by atoms with Crippen molar-refractivity contribution < 1.29 is 4.74 Å². The van der Waals surface area contributed by atoms with Crippen LogP contribution in [0.2, 0.25) is 0 Å². The van der Waals surface area contributed by atoms with Crippen molar-refractivity contribution in [2.75, 3.05) is 33.3 Å². The highest BCUT2D eigenvalue weighted by Crippen LogP contribution is 2.19. The summed E-state index contributed by atoms with van der Waals surface area (Å²) < 4.78 is 7.85. The van der Waals surface area contributed by atoms with Gasteiger partial charge in [0, 0.05) is 38.1 Å². The van der Waals surface area contributed by atoms with E-state index in [4.69, 9.17) is 9.84 Å². The number of aryl methyl sites for hydroxylation is 1. The van der Waals surface area contributed by atoms with E-state index < -0.39 is 0 Å². The topological polar surface area (TPSA) is 42.3 Å². The maximum atomic E-state index is 5.77. The summed E-state index contributed by atoms with van der Waals surface area (Å²) in [4.78, 5) is 2.30. The fraction of sp³-hybridized carbons (Fsp3) is 0.562. The molecule has 1 aromatic carbocycles. The Morgan fingerprint density at radius 2 is 2.29 bits per heavy atom. The molecule has 0 spiro atoms. The number of benzene rings is 1. The third-order valence-electron chi connectivity index (χ3n) is 3.97. The Kier molecular flexibility index (Phi) is 4.53. The van der Waals surface area contributed by atoms with E-state index in [1.807, 2.05) is 0 Å². The lowest BCUT2D eigenvalue weighted by atomic mass is 10.2. The van der Waals surface area contributed by atoms with Gasteiger partial charge in [-0.1, -0.05) is 18.2 Å². The van der Waals surface area contributed by atoms with E-state index in [0.29, 0.717) is 0 Å². The van der Waals surface area contributed by atoms with Gasteiger partial charge in [-0.3, -0.25) is 9.58 Å². The Morgan fingerprint density at radius 1 is 1.43 bits per heavy atom. The van der Waals surface area contributed by atoms with Crippen LogP contribution < -0.4 is 5.32 Å². The number of hydrogen-bond donors (Lipinski definition) is 1. The lowest BCUT2D eigenvalue weighted by Crippen LogP contribution is -2.44. The van der Waals surface area contributed by atoms with Crippen LogP contribution in [0.25, 0.3) is 10.9 Å². The number of nitrogens with zero attached hydrogens (tertiary/aromatic N) is 3. The fourth-order valence-electron chi connectivity index (χ4n) is 2.96. The van der Waals surface area contributed by atoms with Crippen LogP contribution in [0, 0.1) is 0 Å². The highest BCUT2D eigenvalue weighted by atomic mass is 16.5. The minimum atomic E-state index is 0.281. The first-order chi connectivity index (χ1) is 10.3. The van der Waals surface area contributed by atoms with Crippen LogP contribution >= 0.6 is 0 Å². The van der Waals surface area contributed by atoms with Crippen LogP contribution in [-0.4, -0.2) is 54.1 Å². The van der Waals surface area contributed by atoms with Crippen LogP contribution in [0.4, 0.5) is 0 Å². The molecule has 21 heavy (non-hydrogen) atoms. The number of rotatable bonds is 5. The zero-order valence-corrected chi connectivity index (χ0v) is 12.9. The maximum absolute atomic E-state index is 5.77. The summed E-state index contributed by atoms with van der Waals surface area (Å²) >= 11 is 0. The largest absolute Gasteiger partial charge is 0.374 e. The van der Waals surface area contributed by atoms with E-state index in [9.17, 15) is 0 Å². The molecule has 0 amide bonds. The van der Waals surface area contributed by atoms with E-state index in [1.54, 1.807) is 0 Å². The van der Waals surface area contributed by atoms with E-state index in [1.165, 1.54) is 10.9 Å².